The van der Waals surface area contributed by atoms with Gasteiger partial charge in [-0.3, -0.25) is 12.0 Å². The monoisotopic (exact) mass is 553 g/mol. The van der Waals surface area contributed by atoms with Crippen molar-refractivity contribution < 1.29 is 42.1 Å². The molecule has 0 unspecified atom stereocenters. The van der Waals surface area contributed by atoms with E-state index in [2.05, 4.69) is 29.9 Å². The van der Waals surface area contributed by atoms with E-state index in [0.29, 0.717) is 0 Å². The zero-order valence-electron chi connectivity index (χ0n) is 9.19. The maximum absolute atomic E-state index is 4.40. The third-order valence-electron chi connectivity index (χ3n) is 2.40. The van der Waals surface area contributed by atoms with Crippen LogP contribution >= 0.6 is 0 Å². The molecule has 2 nitrogen and oxygen atoms in total. The fourth-order valence-corrected chi connectivity index (χ4v) is 1.72. The molecule has 1 aromatic heterocycles. The Morgan fingerprint density at radius 3 is 2.88 bits per heavy atom. The first-order valence-corrected chi connectivity index (χ1v) is 4.81. The van der Waals surface area contributed by atoms with Gasteiger partial charge >= 0.3 is 0 Å². The Morgan fingerprint density at radius 1 is 1.44 bits per heavy atom. The predicted molar refractivity (Wildman–Crippen MR) is 57.8 cm³/mol. The molecule has 2 heterocycles. The van der Waals surface area contributed by atoms with E-state index >= 15 is 0 Å². The number of hydrogen-bond acceptors (Lipinski definition) is 2. The van der Waals surface area contributed by atoms with Gasteiger partial charge in [-0.25, -0.2) is 0 Å². The first-order valence-electron chi connectivity index (χ1n) is 4.81. The van der Waals surface area contributed by atoms with Gasteiger partial charge in [-0.1, -0.05) is 5.92 Å². The van der Waals surface area contributed by atoms with Gasteiger partial charge in [0.25, 0.3) is 0 Å². The molecule has 84 valence electrons. The molecule has 0 saturated heterocycles. The number of pyridine rings is 1. The van der Waals surface area contributed by atoms with Gasteiger partial charge in [0.2, 0.25) is 0 Å². The van der Waals surface area contributed by atoms with Gasteiger partial charge in [-0.2, -0.15) is 0 Å². The van der Waals surface area contributed by atoms with Crippen LogP contribution in [0, 0.1) is 18.9 Å². The fraction of sp³-hybridized carbons (Fsp3) is 0.333. The largest absolute Gasteiger partial charge is 0.524 e. The van der Waals surface area contributed by atoms with E-state index in [1.807, 2.05) is 18.0 Å². The Labute approximate surface area is 126 Å². The number of hydrogen-bond donors (Lipinski definition) is 0. The van der Waals surface area contributed by atoms with Gasteiger partial charge in [-0.05, 0) is 32.4 Å². The van der Waals surface area contributed by atoms with Crippen molar-refractivity contribution in [2.24, 2.45) is 0 Å². The van der Waals surface area contributed by atoms with E-state index in [-0.39, 0.29) is 42.1 Å². The number of aromatic nitrogens is 1. The smallest absolute Gasteiger partial charge is 0.0612 e. The number of fused-ring (bicyclic) bond motifs is 1. The van der Waals surface area contributed by atoms with Crippen LogP contribution < -0.4 is 4.90 Å². The molecular weight excluding hydrogens is 540 g/mol. The van der Waals surface area contributed by atoms with Crippen molar-refractivity contribution in [2.45, 2.75) is 19.8 Å². The van der Waals surface area contributed by atoms with Crippen LogP contribution in [0.5, 0.6) is 0 Å². The van der Waals surface area contributed by atoms with Gasteiger partial charge in [0.05, 0.1) is 5.69 Å². The molecule has 0 radical (unpaired) electrons. The zero-order chi connectivity index (χ0) is 9.97. The Bertz CT molecular complexity index is 407. The molecule has 0 bridgehead atoms. The van der Waals surface area contributed by atoms with Crippen LogP contribution in [0.2, 0.25) is 0 Å². The Hall–Kier alpha value is -0.113. The Morgan fingerprint density at radius 2 is 2.19 bits per heavy atom. The number of anilines is 1. The van der Waals surface area contributed by atoms with Gasteiger partial charge in [0.15, 0.2) is 0 Å². The molecule has 1 aliphatic heterocycles. The van der Waals surface area contributed by atoms with Gasteiger partial charge in [0.1, 0.15) is 0 Å². The van der Waals surface area contributed by atoms with E-state index < -0.39 is 0 Å². The second-order valence-corrected chi connectivity index (χ2v) is 3.43. The number of rotatable bonds is 0. The van der Waals surface area contributed by atoms with Crippen molar-refractivity contribution in [2.75, 3.05) is 11.4 Å². The van der Waals surface area contributed by atoms with Crippen LogP contribution in [0.15, 0.2) is 12.3 Å². The third-order valence-corrected chi connectivity index (χ3v) is 2.40. The van der Waals surface area contributed by atoms with Crippen molar-refractivity contribution in [3.8, 4) is 11.8 Å². The predicted octanol–water partition coefficient (Wildman–Crippen LogP) is 1.99. The van der Waals surface area contributed by atoms with Gasteiger partial charge in [-0.15, -0.1) is 5.92 Å². The van der Waals surface area contributed by atoms with E-state index in [1.54, 1.807) is 0 Å². The summed E-state index contributed by atoms with van der Waals surface area (Å²) in [7, 11) is 3.99. The van der Waals surface area contributed by atoms with Crippen molar-refractivity contribution in [3.05, 3.63) is 30.6 Å². The van der Waals surface area contributed by atoms with E-state index in [4.69, 9.17) is 0 Å². The second-order valence-electron chi connectivity index (χ2n) is 3.43. The van der Waals surface area contributed by atoms with Crippen LogP contribution in [0.4, 0.5) is 5.69 Å². The second kappa shape index (κ2) is 7.26. The first-order chi connectivity index (χ1) is 6.81. The molecule has 0 fully saturated rings. The Balaban J connectivity index is 0.00000112. The quantitative estimate of drug-likeness (QED) is 0.362. The van der Waals surface area contributed by atoms with Crippen molar-refractivity contribution in [1.82, 2.24) is 4.98 Å². The molecule has 16 heavy (non-hydrogen) atoms. The van der Waals surface area contributed by atoms with Crippen molar-refractivity contribution in [1.29, 1.82) is 0 Å². The average Bonchev–Trinajstić information content (AvgIpc) is 2.20. The van der Waals surface area contributed by atoms with E-state index in [1.165, 1.54) is 0 Å². The molecule has 1 aliphatic rings. The standard InChI is InChI=1S/C12H13N2.2W/c1-3-5-10-8-12-11(13-9-10)6-4-7-14(12)2;;/h8-9H,2,4,6-7H2,1H3;;/q-1;;. The zero-order valence-corrected chi connectivity index (χ0v) is 15.1. The summed E-state index contributed by atoms with van der Waals surface area (Å²) in [5, 5.41) is 0. The summed E-state index contributed by atoms with van der Waals surface area (Å²) in [5.41, 5.74) is 3.26. The molecule has 0 N–H and O–H groups in total. The van der Waals surface area contributed by atoms with Gasteiger partial charge < -0.3 is 4.90 Å². The number of nitrogens with zero attached hydrogens (tertiary/aromatic N) is 2. The fourth-order valence-electron chi connectivity index (χ4n) is 1.72. The van der Waals surface area contributed by atoms with Crippen LogP contribution in [0.1, 0.15) is 24.6 Å². The van der Waals surface area contributed by atoms with Crippen LogP contribution in [0.25, 0.3) is 0 Å². The third kappa shape index (κ3) is 3.44. The first kappa shape index (κ1) is 15.9. The van der Waals surface area contributed by atoms with Crippen molar-refractivity contribution >= 4 is 5.69 Å². The van der Waals surface area contributed by atoms with Crippen molar-refractivity contribution in [3.63, 3.8) is 0 Å². The van der Waals surface area contributed by atoms with Crippen LogP contribution in [-0.4, -0.2) is 11.5 Å². The molecule has 0 saturated carbocycles. The minimum Gasteiger partial charge on any atom is -0.524 e. The molecule has 2 rings (SSSR count). The minimum absolute atomic E-state index is 0. The van der Waals surface area contributed by atoms with Crippen LogP contribution in [0.3, 0.4) is 0 Å². The average molecular weight is 553 g/mol. The SMILES string of the molecule is [CH2-]N1CCCc2ncc(C#CC)cc21.[W].[W]. The number of aryl methyl sites for hydroxylation is 1. The molecule has 4 heteroatoms. The maximum Gasteiger partial charge on any atom is 0.0612 e. The topological polar surface area (TPSA) is 16.1 Å². The summed E-state index contributed by atoms with van der Waals surface area (Å²) >= 11 is 0. The summed E-state index contributed by atoms with van der Waals surface area (Å²) in [6.07, 6.45) is 4.04. The maximum atomic E-state index is 4.40. The normalized spacial score (nSPS) is 12.5. The molecule has 0 spiro atoms. The summed E-state index contributed by atoms with van der Waals surface area (Å²) in [5.74, 6) is 5.89. The minimum atomic E-state index is 0. The summed E-state index contributed by atoms with van der Waals surface area (Å²) in [6, 6.07) is 2.07. The molecular formula is C12H13N2W2-. The Kier molecular flexibility index (Phi) is 7.21. The van der Waals surface area contributed by atoms with Crippen LogP contribution in [-0.2, 0) is 48.6 Å². The molecule has 0 aliphatic carbocycles. The summed E-state index contributed by atoms with van der Waals surface area (Å²) < 4.78 is 0. The molecule has 0 atom stereocenters. The summed E-state index contributed by atoms with van der Waals surface area (Å²) in [4.78, 5) is 6.41. The summed E-state index contributed by atoms with van der Waals surface area (Å²) in [6.45, 7) is 2.85. The molecule has 0 aromatic carbocycles. The van der Waals surface area contributed by atoms with Gasteiger partial charge in [0, 0.05) is 59.6 Å². The van der Waals surface area contributed by atoms with E-state index in [9.17, 15) is 0 Å². The molecule has 1 aromatic rings. The van der Waals surface area contributed by atoms with E-state index in [0.717, 1.165) is 36.3 Å². The molecule has 0 amide bonds.